The first kappa shape index (κ1) is 55.4. The molecule has 124 heavy (non-hydrogen) atoms. The Morgan fingerprint density at radius 1 is 0.185 bits per heavy atom. The van der Waals surface area contributed by atoms with Gasteiger partial charge < -0.3 is 0 Å². The van der Waals surface area contributed by atoms with Crippen LogP contribution >= 0.6 is 0 Å². The minimum absolute atomic E-state index is 0.453. The van der Waals surface area contributed by atoms with E-state index >= 15 is 0 Å². The molecule has 0 aliphatic heterocycles. The lowest BCUT2D eigenvalue weighted by Gasteiger charge is -3.67. The monoisotopic (exact) mass is 1620 g/mol. The Morgan fingerprint density at radius 2 is 0.476 bits per heavy atom. The summed E-state index contributed by atoms with van der Waals surface area (Å²) in [6.07, 6.45) is 18.1. The average molecular weight is 1620 g/mol. The summed E-state index contributed by atoms with van der Waals surface area (Å²) in [5.41, 5.74) is 46.0. The van der Waals surface area contributed by atoms with Crippen molar-refractivity contribution in [1.29, 1.82) is 0 Å². The summed E-state index contributed by atoms with van der Waals surface area (Å²) < 4.78 is 0. The molecular weight excluding hydrogens is 1490 g/mol. The fourth-order valence-electron chi connectivity index (χ4n) is 112. The van der Waals surface area contributed by atoms with Gasteiger partial charge in [-0.05, 0) is 537 Å². The van der Waals surface area contributed by atoms with E-state index in [0.29, 0.717) is 103 Å². The Labute approximate surface area is 730 Å². The maximum atomic E-state index is 3.29. The highest BCUT2D eigenvalue weighted by Gasteiger charge is 3.71. The summed E-state index contributed by atoms with van der Waals surface area (Å²) in [4.78, 5) is 0. The largest absolute Gasteiger partial charge is 0.0616 e. The van der Waals surface area contributed by atoms with Gasteiger partial charge in [-0.3, -0.25) is 0 Å². The van der Waals surface area contributed by atoms with E-state index in [0.717, 1.165) is 229 Å². The van der Waals surface area contributed by atoms with E-state index in [9.17, 15) is 0 Å². The van der Waals surface area contributed by atoms with E-state index in [-0.39, 0.29) is 0 Å². The Bertz CT molecular complexity index is 7820. The van der Waals surface area contributed by atoms with E-state index in [2.05, 4.69) is 173 Å². The Hall–Kier alpha value is 0. The summed E-state index contributed by atoms with van der Waals surface area (Å²) in [6.45, 7) is 76.5. The molecule has 86 atom stereocenters. The van der Waals surface area contributed by atoms with Crippen LogP contribution in [0.3, 0.4) is 0 Å². The first-order valence-electron chi connectivity index (χ1n) is 58.8. The number of rotatable bonds is 0. The summed E-state index contributed by atoms with van der Waals surface area (Å²) in [5, 5.41) is 0. The number of fused-ring (bicyclic) bond motifs is 33. The van der Waals surface area contributed by atoms with Crippen molar-refractivity contribution in [3.63, 3.8) is 0 Å². The van der Waals surface area contributed by atoms with Crippen molar-refractivity contribution in [3.05, 3.63) is 81.2 Å². The second-order valence-corrected chi connectivity index (χ2v) is 74.4. The van der Waals surface area contributed by atoms with Crippen molar-refractivity contribution in [2.75, 3.05) is 0 Å². The Kier molecular flexibility index (Phi) is 4.11. The standard InChI is InChI=1S/C59H56.C41H44.C20H20.C4H8/c1-16-20-22-18-15-19-23-25-27-26-24-21-17(2)29(5)33(9)31(7)28(3,4)32(8)35(11)37(13)38(14)36(12)34(10)30(16,6)40(20)42(22)39(18,19)43(23)45(25)47(27)46(26)44(24)41(21,29)49(33)48(31,32)51(35)53(37)54(38)52(36)50(34,40)55(42,43)57(45,52)59(47,54)58(46,53)56(44,49)51;1-13-17-19-15-12-16-20-21-18-14(2)23(5)27(9)25(7)22(3,4)26(8)29(11)28(10)24(13,6)31(17)33(19)30(15,16)34(20)35(21)32(18,23)37(27)36(25,26)39(29)38(28,31)40(33,34)41(35,37)39;1-2-16-5-10-14-12-8-3-6-4-9-13-15-11(7(1)16)18(10,16)20(14,15)19(12,13)17(6,8)9;1-2-4-3-1/h16-27H,15H2,1-14H3;13-21H,12H2,1-11H3;6-15H,1-5H2;1-4H2. The van der Waals surface area contributed by atoms with Crippen LogP contribution in [0.15, 0.2) is 0 Å². The molecule has 64 rings (SSSR count). The minimum Gasteiger partial charge on any atom is -0.0616 e. The third kappa shape index (κ3) is 1.49. The topological polar surface area (TPSA) is 0 Å². The molecule has 0 radical (unpaired) electrons. The molecule has 64 aliphatic rings. The molecule has 0 aromatic heterocycles. The molecule has 0 bridgehead atoms. The average Bonchev–Trinajstić information content (AvgIpc) is 0.420. The maximum absolute atomic E-state index is 3.29. The van der Waals surface area contributed by atoms with E-state index < -0.39 is 0 Å². The summed E-state index contributed by atoms with van der Waals surface area (Å²) in [7, 11) is 0. The highest BCUT2D eigenvalue weighted by atomic mass is 15.7. The lowest BCUT2D eigenvalue weighted by atomic mass is 8.35. The van der Waals surface area contributed by atoms with E-state index in [1.807, 2.05) is 0 Å². The zero-order valence-electron chi connectivity index (χ0n) is 79.2. The van der Waals surface area contributed by atoms with Crippen LogP contribution < -0.4 is 0 Å². The van der Waals surface area contributed by atoms with E-state index in [1.165, 1.54) is 185 Å². The van der Waals surface area contributed by atoms with Crippen molar-refractivity contribution < 1.29 is 0 Å². The smallest absolute Gasteiger partial charge is 0.000394 e. The molecule has 0 saturated heterocycles. The van der Waals surface area contributed by atoms with Gasteiger partial charge in [-0.2, -0.15) is 0 Å². The van der Waals surface area contributed by atoms with Gasteiger partial charge in [-0.1, -0.05) is 199 Å². The molecule has 64 fully saturated rings. The van der Waals surface area contributed by atoms with Gasteiger partial charge in [-0.25, -0.2) is 0 Å². The maximum Gasteiger partial charge on any atom is -0.000394 e. The normalized spacial score (nSPS) is 116. The predicted molar refractivity (Wildman–Crippen MR) is 452 cm³/mol. The van der Waals surface area contributed by atoms with Crippen LogP contribution in [0.5, 0.6) is 0 Å². The van der Waals surface area contributed by atoms with Crippen LogP contribution in [0.4, 0.5) is 0 Å². The van der Waals surface area contributed by atoms with Gasteiger partial charge in [-0.15, -0.1) is 0 Å². The predicted octanol–water partition coefficient (Wildman–Crippen LogP) is 22.2. The third-order valence-corrected chi connectivity index (χ3v) is 96.1. The van der Waals surface area contributed by atoms with Crippen molar-refractivity contribution in [2.24, 2.45) is 411 Å². The van der Waals surface area contributed by atoms with Crippen molar-refractivity contribution in [1.82, 2.24) is 0 Å². The Balaban J connectivity index is 0.0000000721. The molecular formula is C124H128. The minimum atomic E-state index is 0.453. The molecule has 0 N–H and O–H groups in total. The van der Waals surface area contributed by atoms with Crippen LogP contribution in [0, 0.1) is 492 Å². The van der Waals surface area contributed by atoms with Crippen LogP contribution in [-0.2, 0) is 0 Å². The summed E-state index contributed by atoms with van der Waals surface area (Å²) in [5.74, 6) is 38.6. The lowest BCUT2D eigenvalue weighted by Crippen LogP contribution is -3.62. The molecule has 0 heterocycles. The molecule has 0 aromatic carbocycles. The molecule has 0 nitrogen and oxygen atoms in total. The van der Waals surface area contributed by atoms with Gasteiger partial charge in [0, 0.05) is 0 Å². The fourth-order valence-corrected chi connectivity index (χ4v) is 112. The quantitative estimate of drug-likeness (QED) is 0.227. The van der Waals surface area contributed by atoms with Gasteiger partial charge in [0.25, 0.3) is 0 Å². The lowest BCUT2D eigenvalue weighted by molar-refractivity contribution is -1.14. The first-order valence-corrected chi connectivity index (χ1v) is 58.8. The second-order valence-electron chi connectivity index (χ2n) is 74.4. The van der Waals surface area contributed by atoms with Crippen LogP contribution in [-0.4, -0.2) is 0 Å². The van der Waals surface area contributed by atoms with Gasteiger partial charge in [0.05, 0.1) is 0 Å². The van der Waals surface area contributed by atoms with E-state index in [4.69, 9.17) is 0 Å². The molecule has 86 unspecified atom stereocenters. The summed E-state index contributed by atoms with van der Waals surface area (Å²) in [6, 6.07) is 0. The molecule has 624 valence electrons. The highest BCUT2D eigenvalue weighted by molar-refractivity contribution is 6.72. The van der Waals surface area contributed by atoms with Gasteiger partial charge in [0.1, 0.15) is 0 Å². The fraction of sp³-hybridized carbons (Fsp3) is 1.00. The molecule has 64 saturated carbocycles. The SMILES string of the molecule is C1CC23CC4C5C6C7CC8CC9C%10C%11C(C12)C43C5%11C6%10C879.C1CCC1.CC1C2C3C4CC5C6C7C8C(C)C9(C)C%10(C)C%11(C)C(C)(C)C%12(C)C%13(C)C%14(C)C1(C)C21C32C45C63C74C89C%105C%11%12C%136C%141C23C456.CC1C2C3C4CC5C6C7C8C9C%10C%11C(C)C%12(C)C%13(C)C%14(C)C(C)(C)C%15(C)C%16(C)C%17(C)C%18(C)C%19(C)C%20(C)C1(C)C21C32C45C63C74C85C96C%107C%11%12C%138C%14%15C%169C%17%10C%18%11C%19%12C%201C23C4%12C5%11C6%10C789. The van der Waals surface area contributed by atoms with Gasteiger partial charge in [0.2, 0.25) is 0 Å². The van der Waals surface area contributed by atoms with Crippen molar-refractivity contribution in [3.8, 4) is 0 Å². The van der Waals surface area contributed by atoms with Crippen LogP contribution in [0.2, 0.25) is 0 Å². The number of hydrogen-bond acceptors (Lipinski definition) is 0. The second kappa shape index (κ2) is 9.20. The molecule has 64 aliphatic carbocycles. The first-order chi connectivity index (χ1) is 58.8. The van der Waals surface area contributed by atoms with E-state index in [1.54, 1.807) is 44.9 Å². The van der Waals surface area contributed by atoms with Gasteiger partial charge in [0.15, 0.2) is 0 Å². The van der Waals surface area contributed by atoms with Crippen molar-refractivity contribution >= 4 is 0 Å². The number of hydrogen-bond donors (Lipinski definition) is 0. The van der Waals surface area contributed by atoms with Crippen LogP contribution in [0.25, 0.3) is 0 Å². The zero-order chi connectivity index (χ0) is 79.2. The van der Waals surface area contributed by atoms with Gasteiger partial charge >= 0.3 is 0 Å². The van der Waals surface area contributed by atoms with Crippen LogP contribution in [0.1, 0.15) is 244 Å². The molecule has 38 spiro atoms. The highest BCUT2D eigenvalue weighted by Crippen LogP contribution is 3.77. The Morgan fingerprint density at radius 3 is 0.935 bits per heavy atom. The molecule has 0 aromatic rings. The molecule has 0 heteroatoms. The third-order valence-electron chi connectivity index (χ3n) is 96.1. The molecule has 0 amide bonds. The zero-order valence-corrected chi connectivity index (χ0v) is 79.2. The summed E-state index contributed by atoms with van der Waals surface area (Å²) >= 11 is 0. The van der Waals surface area contributed by atoms with Crippen molar-refractivity contribution in [2.45, 2.75) is 244 Å².